The van der Waals surface area contributed by atoms with E-state index in [4.69, 9.17) is 21.1 Å². The summed E-state index contributed by atoms with van der Waals surface area (Å²) in [5.41, 5.74) is 1.74. The molecule has 5 heteroatoms. The summed E-state index contributed by atoms with van der Waals surface area (Å²) in [6.07, 6.45) is 1.98. The number of nitrogens with zero attached hydrogens (tertiary/aromatic N) is 1. The molecule has 0 N–H and O–H groups in total. The fraction of sp³-hybridized carbons (Fsp3) is 0.316. The minimum Gasteiger partial charge on any atom is -0.487 e. The minimum absolute atomic E-state index is 0.331. The first-order chi connectivity index (χ1) is 11.7. The van der Waals surface area contributed by atoms with Gasteiger partial charge in [-0.2, -0.15) is 0 Å². The van der Waals surface area contributed by atoms with E-state index in [0.29, 0.717) is 29.8 Å². The van der Waals surface area contributed by atoms with Crippen LogP contribution in [-0.4, -0.2) is 19.7 Å². The number of anilines is 1. The summed E-state index contributed by atoms with van der Waals surface area (Å²) in [5, 5.41) is 0.567. The maximum atomic E-state index is 12.2. The van der Waals surface area contributed by atoms with E-state index < -0.39 is 0 Å². The second-order valence-electron chi connectivity index (χ2n) is 5.87. The molecule has 0 bridgehead atoms. The van der Waals surface area contributed by atoms with Crippen molar-refractivity contribution in [2.75, 3.05) is 18.6 Å². The van der Waals surface area contributed by atoms with Crippen LogP contribution in [0.5, 0.6) is 5.75 Å². The SMILES string of the molecule is COC(=O)N(CC1CC1)c1ccccc1COc1ccccc1Cl. The minimum atomic E-state index is -0.341. The number of para-hydroxylation sites is 2. The predicted octanol–water partition coefficient (Wildman–Crippen LogP) is 4.90. The molecule has 0 aromatic heterocycles. The van der Waals surface area contributed by atoms with Gasteiger partial charge in [0.15, 0.2) is 0 Å². The number of carbonyl (C=O) groups excluding carboxylic acids is 1. The number of halogens is 1. The first kappa shape index (κ1) is 16.7. The molecule has 0 unspecified atom stereocenters. The zero-order valence-corrected chi connectivity index (χ0v) is 14.3. The van der Waals surface area contributed by atoms with Gasteiger partial charge in [-0.05, 0) is 37.0 Å². The molecular formula is C19H20ClNO3. The molecule has 0 spiro atoms. The summed E-state index contributed by atoms with van der Waals surface area (Å²) in [6, 6.07) is 15.1. The van der Waals surface area contributed by atoms with Crippen molar-refractivity contribution < 1.29 is 14.3 Å². The third-order valence-electron chi connectivity index (χ3n) is 4.03. The molecule has 1 aliphatic carbocycles. The standard InChI is InChI=1S/C19H20ClNO3/c1-23-19(22)21(12-14-10-11-14)17-8-4-2-6-15(17)13-24-18-9-5-3-7-16(18)20/h2-9,14H,10-13H2,1H3. The summed E-state index contributed by atoms with van der Waals surface area (Å²) in [6.45, 7) is 1.01. The van der Waals surface area contributed by atoms with Crippen LogP contribution in [0.3, 0.4) is 0 Å². The lowest BCUT2D eigenvalue weighted by molar-refractivity contribution is 0.178. The highest BCUT2D eigenvalue weighted by atomic mass is 35.5. The van der Waals surface area contributed by atoms with Crippen LogP contribution in [0.15, 0.2) is 48.5 Å². The van der Waals surface area contributed by atoms with Crippen LogP contribution in [0, 0.1) is 5.92 Å². The molecule has 0 atom stereocenters. The molecule has 4 nitrogen and oxygen atoms in total. The van der Waals surface area contributed by atoms with Gasteiger partial charge in [0.2, 0.25) is 0 Å². The number of hydrogen-bond donors (Lipinski definition) is 0. The number of carbonyl (C=O) groups is 1. The van der Waals surface area contributed by atoms with Crippen LogP contribution in [0.25, 0.3) is 0 Å². The monoisotopic (exact) mass is 345 g/mol. The lowest BCUT2D eigenvalue weighted by Crippen LogP contribution is -2.33. The van der Waals surface area contributed by atoms with Crippen LogP contribution in [0.4, 0.5) is 10.5 Å². The van der Waals surface area contributed by atoms with E-state index in [1.165, 1.54) is 7.11 Å². The molecule has 0 radical (unpaired) electrons. The number of benzene rings is 2. The molecule has 0 aliphatic heterocycles. The smallest absolute Gasteiger partial charge is 0.414 e. The van der Waals surface area contributed by atoms with Gasteiger partial charge in [0.05, 0.1) is 17.8 Å². The highest BCUT2D eigenvalue weighted by Crippen LogP contribution is 2.33. The zero-order chi connectivity index (χ0) is 16.9. The maximum absolute atomic E-state index is 12.2. The van der Waals surface area contributed by atoms with Gasteiger partial charge in [0.1, 0.15) is 12.4 Å². The van der Waals surface area contributed by atoms with Crippen molar-refractivity contribution in [2.24, 2.45) is 5.92 Å². The molecule has 1 saturated carbocycles. The van der Waals surface area contributed by atoms with Gasteiger partial charge in [-0.25, -0.2) is 4.79 Å². The van der Waals surface area contributed by atoms with Crippen molar-refractivity contribution >= 4 is 23.4 Å². The molecule has 2 aromatic rings. The van der Waals surface area contributed by atoms with E-state index in [1.807, 2.05) is 42.5 Å². The van der Waals surface area contributed by atoms with Gasteiger partial charge in [0.25, 0.3) is 0 Å². The van der Waals surface area contributed by atoms with Gasteiger partial charge in [-0.3, -0.25) is 4.90 Å². The number of rotatable bonds is 6. The Labute approximate surface area is 146 Å². The van der Waals surface area contributed by atoms with Crippen molar-refractivity contribution in [3.05, 3.63) is 59.1 Å². The first-order valence-corrected chi connectivity index (χ1v) is 8.37. The topological polar surface area (TPSA) is 38.8 Å². The summed E-state index contributed by atoms with van der Waals surface area (Å²) >= 11 is 6.13. The molecule has 0 saturated heterocycles. The lowest BCUT2D eigenvalue weighted by atomic mass is 10.1. The van der Waals surface area contributed by atoms with Crippen LogP contribution in [-0.2, 0) is 11.3 Å². The Morgan fingerprint density at radius 1 is 1.17 bits per heavy atom. The van der Waals surface area contributed by atoms with Crippen molar-refractivity contribution in [1.29, 1.82) is 0 Å². The Morgan fingerprint density at radius 2 is 1.88 bits per heavy atom. The second kappa shape index (κ2) is 7.58. The van der Waals surface area contributed by atoms with Crippen LogP contribution < -0.4 is 9.64 Å². The first-order valence-electron chi connectivity index (χ1n) is 7.99. The quantitative estimate of drug-likeness (QED) is 0.747. The van der Waals surface area contributed by atoms with Crippen molar-refractivity contribution in [2.45, 2.75) is 19.4 Å². The molecule has 1 amide bonds. The van der Waals surface area contributed by atoms with Crippen molar-refractivity contribution in [1.82, 2.24) is 0 Å². The normalized spacial score (nSPS) is 13.4. The second-order valence-corrected chi connectivity index (χ2v) is 6.28. The van der Waals surface area contributed by atoms with E-state index in [1.54, 1.807) is 11.0 Å². The molecule has 1 aliphatic rings. The third kappa shape index (κ3) is 4.01. The van der Waals surface area contributed by atoms with E-state index in [9.17, 15) is 4.79 Å². The Hall–Kier alpha value is -2.20. The van der Waals surface area contributed by atoms with Crippen LogP contribution in [0.2, 0.25) is 5.02 Å². The Morgan fingerprint density at radius 3 is 2.58 bits per heavy atom. The average Bonchev–Trinajstić information content (AvgIpc) is 3.43. The highest BCUT2D eigenvalue weighted by Gasteiger charge is 2.29. The fourth-order valence-electron chi connectivity index (χ4n) is 2.55. The lowest BCUT2D eigenvalue weighted by Gasteiger charge is -2.24. The predicted molar refractivity (Wildman–Crippen MR) is 94.7 cm³/mol. The van der Waals surface area contributed by atoms with Gasteiger partial charge in [0, 0.05) is 12.1 Å². The largest absolute Gasteiger partial charge is 0.487 e. The van der Waals surface area contributed by atoms with Gasteiger partial charge >= 0.3 is 6.09 Å². The van der Waals surface area contributed by atoms with Crippen molar-refractivity contribution in [3.8, 4) is 5.75 Å². The summed E-state index contributed by atoms with van der Waals surface area (Å²) in [4.78, 5) is 13.9. The van der Waals surface area contributed by atoms with E-state index in [0.717, 1.165) is 24.1 Å². The Balaban J connectivity index is 1.80. The molecule has 2 aromatic carbocycles. The maximum Gasteiger partial charge on any atom is 0.414 e. The molecule has 3 rings (SSSR count). The highest BCUT2D eigenvalue weighted by molar-refractivity contribution is 6.32. The van der Waals surface area contributed by atoms with Crippen LogP contribution in [0.1, 0.15) is 18.4 Å². The number of methoxy groups -OCH3 is 1. The summed E-state index contributed by atoms with van der Waals surface area (Å²) in [5.74, 6) is 1.18. The Bertz CT molecular complexity index is 715. The van der Waals surface area contributed by atoms with E-state index in [2.05, 4.69) is 0 Å². The van der Waals surface area contributed by atoms with E-state index in [-0.39, 0.29) is 6.09 Å². The van der Waals surface area contributed by atoms with Gasteiger partial charge in [-0.1, -0.05) is 41.9 Å². The van der Waals surface area contributed by atoms with E-state index >= 15 is 0 Å². The molecule has 126 valence electrons. The molecule has 24 heavy (non-hydrogen) atoms. The third-order valence-corrected chi connectivity index (χ3v) is 4.35. The number of amides is 1. The summed E-state index contributed by atoms with van der Waals surface area (Å²) in [7, 11) is 1.41. The zero-order valence-electron chi connectivity index (χ0n) is 13.6. The molecule has 0 heterocycles. The number of ether oxygens (including phenoxy) is 2. The fourth-order valence-corrected chi connectivity index (χ4v) is 2.74. The van der Waals surface area contributed by atoms with Crippen LogP contribution >= 0.6 is 11.6 Å². The van der Waals surface area contributed by atoms with Gasteiger partial charge < -0.3 is 9.47 Å². The average molecular weight is 346 g/mol. The number of hydrogen-bond acceptors (Lipinski definition) is 3. The van der Waals surface area contributed by atoms with Gasteiger partial charge in [-0.15, -0.1) is 0 Å². The summed E-state index contributed by atoms with van der Waals surface area (Å²) < 4.78 is 10.8. The Kier molecular flexibility index (Phi) is 5.26. The molecule has 1 fully saturated rings. The van der Waals surface area contributed by atoms with Crippen molar-refractivity contribution in [3.63, 3.8) is 0 Å². The molecular weight excluding hydrogens is 326 g/mol.